The molecule has 0 spiro atoms. The molecule has 0 aliphatic rings. The third-order valence-corrected chi connectivity index (χ3v) is 0.945. The Morgan fingerprint density at radius 1 is 1.90 bits per heavy atom. The minimum absolute atomic E-state index is 0.407. The van der Waals surface area contributed by atoms with Gasteiger partial charge in [-0.05, 0) is 12.5 Å². The van der Waals surface area contributed by atoms with Crippen molar-refractivity contribution < 1.29 is 9.21 Å². The number of hydrogen-bond donors (Lipinski definition) is 0. The van der Waals surface area contributed by atoms with Crippen molar-refractivity contribution in [1.29, 1.82) is 0 Å². The Bertz CT molecular complexity index is 236. The lowest BCUT2D eigenvalue weighted by molar-refractivity contribution is -0.104. The zero-order chi connectivity index (χ0) is 7.40. The molecule has 0 atom stereocenters. The Kier molecular flexibility index (Phi) is 1.99. The number of hydrogen-bond acceptors (Lipinski definition) is 3. The maximum atomic E-state index is 10.1. The first-order chi connectivity index (χ1) is 4.83. The van der Waals surface area contributed by atoms with Gasteiger partial charge in [0.15, 0.2) is 6.26 Å². The van der Waals surface area contributed by atoms with Crippen molar-refractivity contribution >= 4 is 12.4 Å². The molecule has 0 aliphatic carbocycles. The number of aldehydes is 1. The summed E-state index contributed by atoms with van der Waals surface area (Å²) < 4.78 is 4.73. The second-order valence-electron chi connectivity index (χ2n) is 1.82. The summed E-state index contributed by atoms with van der Waals surface area (Å²) in [5.74, 6) is 0.407. The first-order valence-electron chi connectivity index (χ1n) is 2.78. The quantitative estimate of drug-likeness (QED) is 0.451. The number of nitrogens with zero attached hydrogens (tertiary/aromatic N) is 1. The molecule has 0 fully saturated rings. The van der Waals surface area contributed by atoms with Crippen molar-refractivity contribution in [2.75, 3.05) is 0 Å². The standard InChI is InChI=1S/C7H6NO2/c1-6(5-9)4-7-8-2-3-10-7/h2,4-5H,1H3. The van der Waals surface area contributed by atoms with Crippen molar-refractivity contribution in [1.82, 2.24) is 4.98 Å². The van der Waals surface area contributed by atoms with Gasteiger partial charge < -0.3 is 4.42 Å². The van der Waals surface area contributed by atoms with Gasteiger partial charge in [-0.15, -0.1) is 0 Å². The third-order valence-electron chi connectivity index (χ3n) is 0.945. The van der Waals surface area contributed by atoms with E-state index >= 15 is 0 Å². The predicted molar refractivity (Wildman–Crippen MR) is 35.1 cm³/mol. The Hall–Kier alpha value is -1.38. The molecule has 0 N–H and O–H groups in total. The number of carbonyl (C=O) groups excluding carboxylic acids is 1. The van der Waals surface area contributed by atoms with Gasteiger partial charge in [-0.25, -0.2) is 4.98 Å². The monoisotopic (exact) mass is 136 g/mol. The van der Waals surface area contributed by atoms with Crippen molar-refractivity contribution in [2.45, 2.75) is 6.92 Å². The van der Waals surface area contributed by atoms with Crippen molar-refractivity contribution in [3.05, 3.63) is 23.9 Å². The molecule has 0 amide bonds. The first kappa shape index (κ1) is 6.74. The number of allylic oxidation sites excluding steroid dienone is 1. The van der Waals surface area contributed by atoms with E-state index in [9.17, 15) is 4.79 Å². The minimum atomic E-state index is 0.407. The molecule has 0 aromatic carbocycles. The molecular weight excluding hydrogens is 130 g/mol. The van der Waals surface area contributed by atoms with E-state index in [1.54, 1.807) is 13.0 Å². The van der Waals surface area contributed by atoms with Gasteiger partial charge in [0, 0.05) is 6.08 Å². The highest BCUT2D eigenvalue weighted by Gasteiger charge is 1.91. The molecule has 10 heavy (non-hydrogen) atoms. The molecule has 0 saturated heterocycles. The van der Waals surface area contributed by atoms with Crippen LogP contribution in [-0.4, -0.2) is 11.3 Å². The number of rotatable bonds is 2. The zero-order valence-corrected chi connectivity index (χ0v) is 5.50. The van der Waals surface area contributed by atoms with E-state index in [4.69, 9.17) is 4.42 Å². The van der Waals surface area contributed by atoms with Crippen molar-refractivity contribution in [3.8, 4) is 0 Å². The lowest BCUT2D eigenvalue weighted by Gasteiger charge is -1.82. The average molecular weight is 136 g/mol. The average Bonchev–Trinajstić information content (AvgIpc) is 2.40. The van der Waals surface area contributed by atoms with Gasteiger partial charge in [0.2, 0.25) is 5.89 Å². The van der Waals surface area contributed by atoms with Gasteiger partial charge in [-0.3, -0.25) is 4.79 Å². The molecule has 0 bridgehead atoms. The summed E-state index contributed by atoms with van der Waals surface area (Å²) in [4.78, 5) is 13.8. The maximum Gasteiger partial charge on any atom is 0.219 e. The van der Waals surface area contributed by atoms with Crippen LogP contribution in [0.2, 0.25) is 0 Å². The molecular formula is C7H6NO2. The van der Waals surface area contributed by atoms with Crippen LogP contribution in [0.25, 0.3) is 6.08 Å². The van der Waals surface area contributed by atoms with Crippen LogP contribution in [0.3, 0.4) is 0 Å². The molecule has 1 aromatic heterocycles. The normalized spacial score (nSPS) is 11.5. The summed E-state index contributed by atoms with van der Waals surface area (Å²) in [5.41, 5.74) is 0.579. The Morgan fingerprint density at radius 2 is 2.70 bits per heavy atom. The molecule has 0 saturated carbocycles. The zero-order valence-electron chi connectivity index (χ0n) is 5.50. The van der Waals surface area contributed by atoms with E-state index in [1.165, 1.54) is 6.20 Å². The van der Waals surface area contributed by atoms with Gasteiger partial charge in [0.05, 0.1) is 6.20 Å². The van der Waals surface area contributed by atoms with Crippen LogP contribution in [0.5, 0.6) is 0 Å². The molecule has 0 aliphatic heterocycles. The van der Waals surface area contributed by atoms with E-state index in [1.807, 2.05) is 0 Å². The van der Waals surface area contributed by atoms with Gasteiger partial charge in [-0.1, -0.05) is 0 Å². The fourth-order valence-corrected chi connectivity index (χ4v) is 0.499. The number of aromatic nitrogens is 1. The summed E-state index contributed by atoms with van der Waals surface area (Å²) in [6.07, 6.45) is 6.10. The molecule has 3 heteroatoms. The molecule has 1 heterocycles. The topological polar surface area (TPSA) is 43.1 Å². The Morgan fingerprint density at radius 3 is 3.20 bits per heavy atom. The molecule has 1 rings (SSSR count). The fraction of sp³-hybridized carbons (Fsp3) is 0.143. The highest BCUT2D eigenvalue weighted by molar-refractivity contribution is 5.79. The van der Waals surface area contributed by atoms with Crippen LogP contribution >= 0.6 is 0 Å². The number of carbonyl (C=O) groups is 1. The van der Waals surface area contributed by atoms with Crippen LogP contribution in [0.1, 0.15) is 12.8 Å². The lowest BCUT2D eigenvalue weighted by Crippen LogP contribution is -1.76. The van der Waals surface area contributed by atoms with E-state index in [0.717, 1.165) is 6.29 Å². The summed E-state index contributed by atoms with van der Waals surface area (Å²) >= 11 is 0. The van der Waals surface area contributed by atoms with Crippen LogP contribution in [0, 0.1) is 6.26 Å². The summed E-state index contributed by atoms with van der Waals surface area (Å²) in [5, 5.41) is 0. The fourth-order valence-electron chi connectivity index (χ4n) is 0.499. The highest BCUT2D eigenvalue weighted by Crippen LogP contribution is 1.99. The first-order valence-corrected chi connectivity index (χ1v) is 2.78. The van der Waals surface area contributed by atoms with Gasteiger partial charge >= 0.3 is 0 Å². The van der Waals surface area contributed by atoms with Crippen LogP contribution < -0.4 is 0 Å². The maximum absolute atomic E-state index is 10.1. The van der Waals surface area contributed by atoms with Crippen LogP contribution in [0.4, 0.5) is 0 Å². The molecule has 0 unspecified atom stereocenters. The molecule has 1 radical (unpaired) electrons. The Balaban J connectivity index is 2.80. The van der Waals surface area contributed by atoms with Crippen molar-refractivity contribution in [2.24, 2.45) is 0 Å². The van der Waals surface area contributed by atoms with E-state index in [-0.39, 0.29) is 0 Å². The van der Waals surface area contributed by atoms with E-state index < -0.39 is 0 Å². The molecule has 1 aromatic rings. The predicted octanol–water partition coefficient (Wildman–Crippen LogP) is 1.08. The SMILES string of the molecule is CC(C=O)=Cc1nc[c]o1. The minimum Gasteiger partial charge on any atom is -0.433 e. The second kappa shape index (κ2) is 2.96. The summed E-state index contributed by atoms with van der Waals surface area (Å²) in [6, 6.07) is 0. The van der Waals surface area contributed by atoms with Crippen LogP contribution in [-0.2, 0) is 4.79 Å². The summed E-state index contributed by atoms with van der Waals surface area (Å²) in [6.45, 7) is 1.68. The van der Waals surface area contributed by atoms with Gasteiger partial charge in [0.1, 0.15) is 6.29 Å². The van der Waals surface area contributed by atoms with Crippen LogP contribution in [0.15, 0.2) is 16.2 Å². The smallest absolute Gasteiger partial charge is 0.219 e. The summed E-state index contributed by atoms with van der Waals surface area (Å²) in [7, 11) is 0. The highest BCUT2D eigenvalue weighted by atomic mass is 16.3. The van der Waals surface area contributed by atoms with E-state index in [0.29, 0.717) is 11.5 Å². The Labute approximate surface area is 58.4 Å². The van der Waals surface area contributed by atoms with E-state index in [2.05, 4.69) is 11.2 Å². The largest absolute Gasteiger partial charge is 0.433 e. The van der Waals surface area contributed by atoms with Gasteiger partial charge in [0.25, 0.3) is 0 Å². The third kappa shape index (κ3) is 1.55. The molecule has 3 nitrogen and oxygen atoms in total. The van der Waals surface area contributed by atoms with Crippen molar-refractivity contribution in [3.63, 3.8) is 0 Å². The second-order valence-corrected chi connectivity index (χ2v) is 1.82. The van der Waals surface area contributed by atoms with Gasteiger partial charge in [-0.2, -0.15) is 0 Å². The molecule has 51 valence electrons. The number of oxazole rings is 1. The lowest BCUT2D eigenvalue weighted by atomic mass is 10.3.